The minimum Gasteiger partial charge on any atom is -0.311 e. The Kier molecular flexibility index (Phi) is 4.17. The molecule has 1 heterocycles. The van der Waals surface area contributed by atoms with Crippen molar-refractivity contribution in [3.8, 4) is 0 Å². The van der Waals surface area contributed by atoms with Gasteiger partial charge in [-0.2, -0.15) is 12.6 Å². The van der Waals surface area contributed by atoms with Gasteiger partial charge in [-0.3, -0.25) is 4.79 Å². The van der Waals surface area contributed by atoms with Crippen molar-refractivity contribution >= 4 is 35.8 Å². The van der Waals surface area contributed by atoms with Crippen LogP contribution in [-0.4, -0.2) is 18.2 Å². The third kappa shape index (κ3) is 3.09. The first-order valence-corrected chi connectivity index (χ1v) is 7.53. The van der Waals surface area contributed by atoms with Crippen molar-refractivity contribution in [3.05, 3.63) is 28.8 Å². The Morgan fingerprint density at radius 2 is 2.11 bits per heavy atom. The number of fused-ring (bicyclic) bond motifs is 1. The van der Waals surface area contributed by atoms with Gasteiger partial charge in [0.15, 0.2) is 0 Å². The second-order valence-corrected chi connectivity index (χ2v) is 7.00. The lowest BCUT2D eigenvalue weighted by Crippen LogP contribution is -2.38. The second kappa shape index (κ2) is 5.37. The topological polar surface area (TPSA) is 20.3 Å². The highest BCUT2D eigenvalue weighted by atomic mass is 35.5. The van der Waals surface area contributed by atoms with E-state index in [0.717, 1.165) is 17.0 Å². The number of hydrogen-bond acceptors (Lipinski definition) is 2. The fraction of sp³-hybridized carbons (Fsp3) is 0.533. The van der Waals surface area contributed by atoms with Crippen LogP contribution in [0.3, 0.4) is 0 Å². The van der Waals surface area contributed by atoms with Crippen LogP contribution in [0, 0.1) is 11.3 Å². The number of thiol groups is 1. The molecule has 19 heavy (non-hydrogen) atoms. The Morgan fingerprint density at radius 3 is 2.68 bits per heavy atom. The Morgan fingerprint density at radius 1 is 1.42 bits per heavy atom. The molecule has 4 heteroatoms. The zero-order valence-electron chi connectivity index (χ0n) is 11.6. The van der Waals surface area contributed by atoms with Gasteiger partial charge in [0.2, 0.25) is 5.91 Å². The molecular formula is C15H20ClNOS. The van der Waals surface area contributed by atoms with Gasteiger partial charge in [0.1, 0.15) is 0 Å². The van der Waals surface area contributed by atoms with Gasteiger partial charge in [-0.1, -0.05) is 38.4 Å². The van der Waals surface area contributed by atoms with Crippen molar-refractivity contribution in [2.45, 2.75) is 27.2 Å². The van der Waals surface area contributed by atoms with Crippen molar-refractivity contribution in [1.82, 2.24) is 0 Å². The highest BCUT2D eigenvalue weighted by molar-refractivity contribution is 7.80. The lowest BCUT2D eigenvalue weighted by Gasteiger charge is -2.33. The first-order chi connectivity index (χ1) is 8.82. The van der Waals surface area contributed by atoms with Crippen LogP contribution >= 0.6 is 24.2 Å². The van der Waals surface area contributed by atoms with E-state index < -0.39 is 0 Å². The van der Waals surface area contributed by atoms with Crippen LogP contribution in [0.5, 0.6) is 0 Å². The minimum absolute atomic E-state index is 0.128. The van der Waals surface area contributed by atoms with Gasteiger partial charge in [-0.25, -0.2) is 0 Å². The standard InChI is InChI=1S/C15H20ClNOS/c1-15(2,3)11(9-19)8-17-13-7-12(16)5-4-10(13)6-14(17)18/h4-5,7,11,19H,6,8-9H2,1-3H3. The van der Waals surface area contributed by atoms with E-state index in [1.807, 2.05) is 23.1 Å². The summed E-state index contributed by atoms with van der Waals surface area (Å²) in [5, 5.41) is 0.677. The second-order valence-electron chi connectivity index (χ2n) is 6.20. The summed E-state index contributed by atoms with van der Waals surface area (Å²) in [6.07, 6.45) is 0.482. The molecule has 1 aliphatic rings. The molecule has 1 aromatic carbocycles. The highest BCUT2D eigenvalue weighted by Crippen LogP contribution is 2.35. The Labute approximate surface area is 125 Å². The molecule has 0 spiro atoms. The van der Waals surface area contributed by atoms with Gasteiger partial charge < -0.3 is 4.90 Å². The van der Waals surface area contributed by atoms with Crippen LogP contribution in [0.4, 0.5) is 5.69 Å². The van der Waals surface area contributed by atoms with E-state index in [1.54, 1.807) is 0 Å². The first kappa shape index (κ1) is 14.7. The number of halogens is 1. The Bertz CT molecular complexity index is 495. The smallest absolute Gasteiger partial charge is 0.231 e. The van der Waals surface area contributed by atoms with Crippen molar-refractivity contribution in [3.63, 3.8) is 0 Å². The molecule has 1 aromatic rings. The minimum atomic E-state index is 0.128. The first-order valence-electron chi connectivity index (χ1n) is 6.52. The average Bonchev–Trinajstić information content (AvgIpc) is 2.60. The van der Waals surface area contributed by atoms with E-state index in [4.69, 9.17) is 11.6 Å². The number of benzene rings is 1. The van der Waals surface area contributed by atoms with Crippen molar-refractivity contribution in [2.75, 3.05) is 17.2 Å². The summed E-state index contributed by atoms with van der Waals surface area (Å²) in [5.41, 5.74) is 2.17. The summed E-state index contributed by atoms with van der Waals surface area (Å²) >= 11 is 10.5. The fourth-order valence-corrected chi connectivity index (χ4v) is 3.19. The monoisotopic (exact) mass is 297 g/mol. The highest BCUT2D eigenvalue weighted by Gasteiger charge is 2.32. The van der Waals surface area contributed by atoms with E-state index in [2.05, 4.69) is 33.4 Å². The summed E-state index contributed by atoms with van der Waals surface area (Å²) in [6.45, 7) is 7.27. The maximum absolute atomic E-state index is 12.2. The van der Waals surface area contributed by atoms with Gasteiger partial charge in [0.05, 0.1) is 6.42 Å². The van der Waals surface area contributed by atoms with Gasteiger partial charge in [0.25, 0.3) is 0 Å². The molecule has 1 atom stereocenters. The van der Waals surface area contributed by atoms with Crippen LogP contribution in [0.25, 0.3) is 0 Å². The van der Waals surface area contributed by atoms with E-state index in [1.165, 1.54) is 0 Å². The number of nitrogens with zero attached hydrogens (tertiary/aromatic N) is 1. The van der Waals surface area contributed by atoms with Gasteiger partial charge in [0, 0.05) is 17.3 Å². The molecule has 104 valence electrons. The third-order valence-corrected chi connectivity index (χ3v) is 4.50. The predicted octanol–water partition coefficient (Wildman–Crippen LogP) is 3.82. The zero-order valence-corrected chi connectivity index (χ0v) is 13.3. The molecule has 0 radical (unpaired) electrons. The lowest BCUT2D eigenvalue weighted by atomic mass is 9.81. The number of hydrogen-bond donors (Lipinski definition) is 1. The largest absolute Gasteiger partial charge is 0.311 e. The van der Waals surface area contributed by atoms with Gasteiger partial charge in [-0.05, 0) is 34.8 Å². The molecule has 1 aliphatic heterocycles. The zero-order chi connectivity index (χ0) is 14.2. The molecule has 1 amide bonds. The summed E-state index contributed by atoms with van der Waals surface area (Å²) < 4.78 is 0. The molecule has 1 unspecified atom stereocenters. The molecule has 0 fully saturated rings. The molecule has 0 saturated heterocycles. The number of carbonyl (C=O) groups excluding carboxylic acids is 1. The predicted molar refractivity (Wildman–Crippen MR) is 84.3 cm³/mol. The van der Waals surface area contributed by atoms with E-state index >= 15 is 0 Å². The molecule has 0 N–H and O–H groups in total. The Balaban J connectivity index is 2.27. The molecule has 0 bridgehead atoms. The molecular weight excluding hydrogens is 278 g/mol. The van der Waals surface area contributed by atoms with Crippen molar-refractivity contribution in [1.29, 1.82) is 0 Å². The van der Waals surface area contributed by atoms with Gasteiger partial charge >= 0.3 is 0 Å². The summed E-state index contributed by atoms with van der Waals surface area (Å²) in [7, 11) is 0. The van der Waals surface area contributed by atoms with Crippen LogP contribution in [-0.2, 0) is 11.2 Å². The average molecular weight is 298 g/mol. The van der Waals surface area contributed by atoms with Crippen LogP contribution in [0.15, 0.2) is 18.2 Å². The molecule has 2 rings (SSSR count). The quantitative estimate of drug-likeness (QED) is 0.841. The van der Waals surface area contributed by atoms with Crippen molar-refractivity contribution < 1.29 is 4.79 Å². The third-order valence-electron chi connectivity index (χ3n) is 3.83. The normalized spacial score (nSPS) is 16.7. The maximum atomic E-state index is 12.2. The van der Waals surface area contributed by atoms with Crippen molar-refractivity contribution in [2.24, 2.45) is 11.3 Å². The summed E-state index contributed by atoms with van der Waals surface area (Å²) in [6, 6.07) is 5.68. The molecule has 0 saturated carbocycles. The van der Waals surface area contributed by atoms with Crippen LogP contribution < -0.4 is 4.90 Å². The van der Waals surface area contributed by atoms with Gasteiger partial charge in [-0.15, -0.1) is 0 Å². The fourth-order valence-electron chi connectivity index (χ4n) is 2.36. The summed E-state index contributed by atoms with van der Waals surface area (Å²) in [5.74, 6) is 1.28. The van der Waals surface area contributed by atoms with Crippen LogP contribution in [0.2, 0.25) is 5.02 Å². The molecule has 2 nitrogen and oxygen atoms in total. The molecule has 0 aromatic heterocycles. The maximum Gasteiger partial charge on any atom is 0.231 e. The number of rotatable bonds is 3. The van der Waals surface area contributed by atoms with E-state index in [0.29, 0.717) is 23.9 Å². The number of anilines is 1. The molecule has 0 aliphatic carbocycles. The number of carbonyl (C=O) groups is 1. The summed E-state index contributed by atoms with van der Waals surface area (Å²) in [4.78, 5) is 14.0. The van der Waals surface area contributed by atoms with E-state index in [-0.39, 0.29) is 11.3 Å². The number of amides is 1. The van der Waals surface area contributed by atoms with Crippen LogP contribution in [0.1, 0.15) is 26.3 Å². The lowest BCUT2D eigenvalue weighted by molar-refractivity contribution is -0.117. The SMILES string of the molecule is CC(C)(C)C(CS)CN1C(=O)Cc2ccc(Cl)cc21. The Hall–Kier alpha value is -0.670. The van der Waals surface area contributed by atoms with E-state index in [9.17, 15) is 4.79 Å².